The minimum atomic E-state index is 0.0220. The predicted octanol–water partition coefficient (Wildman–Crippen LogP) is 2.95. The number of aromatic nitrogens is 1. The molecule has 12 heavy (non-hydrogen) atoms. The van der Waals surface area contributed by atoms with E-state index < -0.39 is 0 Å². The van der Waals surface area contributed by atoms with E-state index in [0.29, 0.717) is 0 Å². The second kappa shape index (κ2) is 3.44. The standard InChI is InChI=1S/C8H13BrN2S/c1-8(2,3)6(10)7-11-4-5(9)12-7/h4,6H,10H2,1-3H3. The highest BCUT2D eigenvalue weighted by Gasteiger charge is 2.24. The van der Waals surface area contributed by atoms with Crippen molar-refractivity contribution in [1.82, 2.24) is 4.98 Å². The zero-order chi connectivity index (χ0) is 9.35. The molecule has 1 aromatic rings. The number of nitrogens with two attached hydrogens (primary N) is 1. The van der Waals surface area contributed by atoms with Crippen molar-refractivity contribution < 1.29 is 0 Å². The molecule has 0 spiro atoms. The minimum absolute atomic E-state index is 0.0220. The molecule has 0 aliphatic rings. The van der Waals surface area contributed by atoms with Crippen LogP contribution in [0.1, 0.15) is 31.8 Å². The van der Waals surface area contributed by atoms with Gasteiger partial charge >= 0.3 is 0 Å². The van der Waals surface area contributed by atoms with E-state index in [4.69, 9.17) is 5.73 Å². The Hall–Kier alpha value is 0.0700. The largest absolute Gasteiger partial charge is 0.322 e. The molecule has 1 heterocycles. The molecule has 1 rings (SSSR count). The van der Waals surface area contributed by atoms with E-state index in [0.717, 1.165) is 8.79 Å². The van der Waals surface area contributed by atoms with Gasteiger partial charge in [0.25, 0.3) is 0 Å². The van der Waals surface area contributed by atoms with Gasteiger partial charge in [0.05, 0.1) is 16.0 Å². The van der Waals surface area contributed by atoms with Crippen molar-refractivity contribution in [2.75, 3.05) is 0 Å². The summed E-state index contributed by atoms with van der Waals surface area (Å²) in [5, 5.41) is 0.995. The lowest BCUT2D eigenvalue weighted by Crippen LogP contribution is -2.25. The summed E-state index contributed by atoms with van der Waals surface area (Å²) in [5.74, 6) is 0. The molecule has 0 amide bonds. The van der Waals surface area contributed by atoms with Crippen molar-refractivity contribution in [1.29, 1.82) is 0 Å². The first kappa shape index (κ1) is 10.2. The first-order chi connectivity index (χ1) is 5.41. The molecule has 1 aromatic heterocycles. The molecule has 1 atom stereocenters. The van der Waals surface area contributed by atoms with Gasteiger partial charge in [0.2, 0.25) is 0 Å². The van der Waals surface area contributed by atoms with Crippen LogP contribution in [0, 0.1) is 5.41 Å². The smallest absolute Gasteiger partial charge is 0.111 e. The average molecular weight is 249 g/mol. The lowest BCUT2D eigenvalue weighted by atomic mass is 9.88. The Kier molecular flexibility index (Phi) is 2.91. The summed E-state index contributed by atoms with van der Waals surface area (Å²) < 4.78 is 1.04. The quantitative estimate of drug-likeness (QED) is 0.831. The number of halogens is 1. The van der Waals surface area contributed by atoms with Crippen molar-refractivity contribution in [3.8, 4) is 0 Å². The highest BCUT2D eigenvalue weighted by atomic mass is 79.9. The van der Waals surface area contributed by atoms with Crippen molar-refractivity contribution in [2.45, 2.75) is 26.8 Å². The fourth-order valence-electron chi connectivity index (χ4n) is 0.781. The summed E-state index contributed by atoms with van der Waals surface area (Å²) in [7, 11) is 0. The number of rotatable bonds is 1. The van der Waals surface area contributed by atoms with E-state index in [-0.39, 0.29) is 11.5 Å². The average Bonchev–Trinajstić information content (AvgIpc) is 2.32. The molecule has 68 valence electrons. The first-order valence-electron chi connectivity index (χ1n) is 3.78. The Morgan fingerprint density at radius 2 is 2.17 bits per heavy atom. The second-order valence-corrected chi connectivity index (χ2v) is 6.29. The van der Waals surface area contributed by atoms with Gasteiger partial charge in [-0.15, -0.1) is 11.3 Å². The van der Waals surface area contributed by atoms with Crippen LogP contribution in [-0.2, 0) is 0 Å². The van der Waals surface area contributed by atoms with Crippen LogP contribution in [-0.4, -0.2) is 4.98 Å². The second-order valence-electron chi connectivity index (χ2n) is 3.85. The molecular formula is C8H13BrN2S. The maximum atomic E-state index is 6.01. The van der Waals surface area contributed by atoms with Crippen LogP contribution in [0.3, 0.4) is 0 Å². The molecule has 4 heteroatoms. The number of hydrogen-bond acceptors (Lipinski definition) is 3. The maximum absolute atomic E-state index is 6.01. The molecular weight excluding hydrogens is 236 g/mol. The van der Waals surface area contributed by atoms with Crippen LogP contribution in [0.5, 0.6) is 0 Å². The van der Waals surface area contributed by atoms with Crippen molar-refractivity contribution in [3.63, 3.8) is 0 Å². The molecule has 2 nitrogen and oxygen atoms in total. The van der Waals surface area contributed by atoms with Crippen molar-refractivity contribution >= 4 is 27.3 Å². The van der Waals surface area contributed by atoms with E-state index in [1.807, 2.05) is 0 Å². The Bertz CT molecular complexity index is 264. The summed E-state index contributed by atoms with van der Waals surface area (Å²) in [6.45, 7) is 6.35. The summed E-state index contributed by atoms with van der Waals surface area (Å²) in [6, 6.07) is 0.0220. The highest BCUT2D eigenvalue weighted by Crippen LogP contribution is 2.33. The predicted molar refractivity (Wildman–Crippen MR) is 56.2 cm³/mol. The highest BCUT2D eigenvalue weighted by molar-refractivity contribution is 9.11. The van der Waals surface area contributed by atoms with Gasteiger partial charge in [-0.3, -0.25) is 0 Å². The number of thiazole rings is 1. The van der Waals surface area contributed by atoms with Crippen LogP contribution in [0.15, 0.2) is 9.98 Å². The summed E-state index contributed by atoms with van der Waals surface area (Å²) in [4.78, 5) is 4.23. The molecule has 0 aliphatic heterocycles. The first-order valence-corrected chi connectivity index (χ1v) is 5.39. The molecule has 0 aliphatic carbocycles. The number of nitrogens with zero attached hydrogens (tertiary/aromatic N) is 1. The van der Waals surface area contributed by atoms with Gasteiger partial charge in [0, 0.05) is 0 Å². The summed E-state index contributed by atoms with van der Waals surface area (Å²) in [5.41, 5.74) is 6.09. The molecule has 0 bridgehead atoms. The fraction of sp³-hybridized carbons (Fsp3) is 0.625. The lowest BCUT2D eigenvalue weighted by Gasteiger charge is -2.24. The topological polar surface area (TPSA) is 38.9 Å². The SMILES string of the molecule is CC(C)(C)C(N)c1ncc(Br)s1. The lowest BCUT2D eigenvalue weighted by molar-refractivity contribution is 0.326. The Morgan fingerprint density at radius 3 is 2.50 bits per heavy atom. The van der Waals surface area contributed by atoms with Gasteiger partial charge in [-0.2, -0.15) is 0 Å². The third-order valence-corrected chi connectivity index (χ3v) is 3.25. The van der Waals surface area contributed by atoms with Gasteiger partial charge in [0.1, 0.15) is 5.01 Å². The molecule has 0 aromatic carbocycles. The molecule has 0 fully saturated rings. The molecule has 2 N–H and O–H groups in total. The monoisotopic (exact) mass is 248 g/mol. The van der Waals surface area contributed by atoms with Crippen LogP contribution in [0.25, 0.3) is 0 Å². The third kappa shape index (κ3) is 2.28. The Labute approximate surface area is 85.3 Å². The zero-order valence-electron chi connectivity index (χ0n) is 7.47. The maximum Gasteiger partial charge on any atom is 0.111 e. The van der Waals surface area contributed by atoms with Gasteiger partial charge < -0.3 is 5.73 Å². The van der Waals surface area contributed by atoms with E-state index in [1.54, 1.807) is 17.5 Å². The van der Waals surface area contributed by atoms with E-state index in [2.05, 4.69) is 41.7 Å². The Balaban J connectivity index is 2.85. The molecule has 0 radical (unpaired) electrons. The van der Waals surface area contributed by atoms with E-state index >= 15 is 0 Å². The van der Waals surface area contributed by atoms with Crippen LogP contribution >= 0.6 is 27.3 Å². The zero-order valence-corrected chi connectivity index (χ0v) is 9.87. The van der Waals surface area contributed by atoms with Gasteiger partial charge in [-0.25, -0.2) is 4.98 Å². The summed E-state index contributed by atoms with van der Waals surface area (Å²) >= 11 is 4.97. The van der Waals surface area contributed by atoms with Crippen molar-refractivity contribution in [2.24, 2.45) is 11.1 Å². The Morgan fingerprint density at radius 1 is 1.58 bits per heavy atom. The molecule has 0 saturated carbocycles. The minimum Gasteiger partial charge on any atom is -0.322 e. The third-order valence-electron chi connectivity index (χ3n) is 1.69. The van der Waals surface area contributed by atoms with Crippen LogP contribution in [0.4, 0.5) is 0 Å². The fourth-order valence-corrected chi connectivity index (χ4v) is 2.27. The van der Waals surface area contributed by atoms with Gasteiger partial charge in [-0.05, 0) is 21.3 Å². The van der Waals surface area contributed by atoms with E-state index in [9.17, 15) is 0 Å². The normalized spacial score (nSPS) is 14.8. The van der Waals surface area contributed by atoms with E-state index in [1.165, 1.54) is 0 Å². The van der Waals surface area contributed by atoms with Crippen LogP contribution in [0.2, 0.25) is 0 Å². The van der Waals surface area contributed by atoms with Crippen molar-refractivity contribution in [3.05, 3.63) is 15.0 Å². The molecule has 0 saturated heterocycles. The number of hydrogen-bond donors (Lipinski definition) is 1. The van der Waals surface area contributed by atoms with Crippen LogP contribution < -0.4 is 5.73 Å². The molecule has 1 unspecified atom stereocenters. The van der Waals surface area contributed by atoms with Gasteiger partial charge in [0.15, 0.2) is 0 Å². The summed E-state index contributed by atoms with van der Waals surface area (Å²) in [6.07, 6.45) is 1.80. The van der Waals surface area contributed by atoms with Gasteiger partial charge in [-0.1, -0.05) is 20.8 Å².